The van der Waals surface area contributed by atoms with E-state index in [1.807, 2.05) is 0 Å². The molecule has 0 unspecified atom stereocenters. The third-order valence-corrected chi connectivity index (χ3v) is 7.04. The number of hydrogen-bond donors (Lipinski definition) is 0. The van der Waals surface area contributed by atoms with Crippen molar-refractivity contribution in [3.8, 4) is 11.4 Å². The number of hydrogen-bond acceptors (Lipinski definition) is 6. The lowest BCUT2D eigenvalue weighted by molar-refractivity contribution is -0.286. The highest BCUT2D eigenvalue weighted by molar-refractivity contribution is 7.91. The fraction of sp³-hybridized carbons (Fsp3) is 0.333. The second kappa shape index (κ2) is 8.98. The van der Waals surface area contributed by atoms with E-state index < -0.39 is 34.0 Å². The first-order chi connectivity index (χ1) is 16.1. The summed E-state index contributed by atoms with van der Waals surface area (Å²) in [4.78, 5) is 32.8. The van der Waals surface area contributed by atoms with Crippen molar-refractivity contribution in [2.45, 2.75) is 37.4 Å². The number of nitrogens with zero attached hydrogens (tertiary/aromatic N) is 4. The molecule has 0 aliphatic rings. The molecule has 14 heteroatoms. The zero-order valence-corrected chi connectivity index (χ0v) is 19.4. The predicted molar refractivity (Wildman–Crippen MR) is 117 cm³/mol. The molecule has 0 N–H and O–H groups in total. The van der Waals surface area contributed by atoms with Gasteiger partial charge in [0.2, 0.25) is 5.91 Å². The standard InChI is InChI=1S/C21H19F5N4O4S/c1-4-35(33,34)17-8-14(29(3)12(2)31)9-28-19(17)15-7-13-5-6-18(32)30(16(13)10-27-15)11-20(22,23)21(24,25)26/h5-10H,4,11H2,1-3H3. The average molecular weight is 518 g/mol. The van der Waals surface area contributed by atoms with Crippen molar-refractivity contribution in [2.24, 2.45) is 0 Å². The third-order valence-electron chi connectivity index (χ3n) is 5.30. The molecule has 0 bridgehead atoms. The van der Waals surface area contributed by atoms with Crippen molar-refractivity contribution in [3.05, 3.63) is 47.0 Å². The Morgan fingerprint density at radius 1 is 1.09 bits per heavy atom. The van der Waals surface area contributed by atoms with Crippen LogP contribution in [0.15, 0.2) is 46.3 Å². The largest absolute Gasteiger partial charge is 0.455 e. The van der Waals surface area contributed by atoms with E-state index in [1.165, 1.54) is 50.2 Å². The number of halogens is 5. The molecule has 3 heterocycles. The average Bonchev–Trinajstić information content (AvgIpc) is 2.78. The van der Waals surface area contributed by atoms with Crippen LogP contribution in [-0.4, -0.2) is 53.8 Å². The van der Waals surface area contributed by atoms with Crippen LogP contribution >= 0.6 is 0 Å². The summed E-state index contributed by atoms with van der Waals surface area (Å²) in [6, 6.07) is 4.47. The molecule has 0 saturated heterocycles. The Morgan fingerprint density at radius 2 is 1.74 bits per heavy atom. The van der Waals surface area contributed by atoms with Crippen LogP contribution in [-0.2, 0) is 21.2 Å². The van der Waals surface area contributed by atoms with Gasteiger partial charge in [0.1, 0.15) is 5.69 Å². The molecule has 0 aromatic carbocycles. The molecule has 0 saturated carbocycles. The van der Waals surface area contributed by atoms with Crippen LogP contribution in [0.5, 0.6) is 0 Å². The Kier molecular flexibility index (Phi) is 6.72. The summed E-state index contributed by atoms with van der Waals surface area (Å²) in [7, 11) is -2.46. The van der Waals surface area contributed by atoms with E-state index >= 15 is 0 Å². The van der Waals surface area contributed by atoms with E-state index in [1.54, 1.807) is 0 Å². The van der Waals surface area contributed by atoms with Crippen molar-refractivity contribution in [2.75, 3.05) is 17.7 Å². The molecular formula is C21H19F5N4O4S. The van der Waals surface area contributed by atoms with Gasteiger partial charge >= 0.3 is 12.1 Å². The highest BCUT2D eigenvalue weighted by atomic mass is 32.2. The number of carbonyl (C=O) groups is 1. The van der Waals surface area contributed by atoms with Crippen LogP contribution in [0.3, 0.4) is 0 Å². The SMILES string of the molecule is CCS(=O)(=O)c1cc(N(C)C(C)=O)cnc1-c1cc2ccc(=O)n(CC(F)(F)C(F)(F)F)c2cn1. The normalized spacial score (nSPS) is 12.7. The van der Waals surface area contributed by atoms with E-state index in [-0.39, 0.29) is 49.1 Å². The maximum Gasteiger partial charge on any atom is 0.455 e. The number of alkyl halides is 5. The first-order valence-electron chi connectivity index (χ1n) is 10.0. The lowest BCUT2D eigenvalue weighted by atomic mass is 10.1. The molecular weight excluding hydrogens is 499 g/mol. The number of fused-ring (bicyclic) bond motifs is 1. The number of amides is 1. The summed E-state index contributed by atoms with van der Waals surface area (Å²) < 4.78 is 91.1. The molecule has 3 rings (SSSR count). The molecule has 0 radical (unpaired) electrons. The Morgan fingerprint density at radius 3 is 2.31 bits per heavy atom. The van der Waals surface area contributed by atoms with Crippen LogP contribution in [0.1, 0.15) is 13.8 Å². The van der Waals surface area contributed by atoms with Gasteiger partial charge < -0.3 is 9.47 Å². The zero-order valence-electron chi connectivity index (χ0n) is 18.6. The maximum atomic E-state index is 13.6. The van der Waals surface area contributed by atoms with E-state index in [0.29, 0.717) is 0 Å². The number of sulfone groups is 1. The predicted octanol–water partition coefficient (Wildman–Crippen LogP) is 3.43. The van der Waals surface area contributed by atoms with Crippen LogP contribution in [0.2, 0.25) is 0 Å². The summed E-state index contributed by atoms with van der Waals surface area (Å²) in [6.07, 6.45) is -3.73. The van der Waals surface area contributed by atoms with Gasteiger partial charge in [-0.3, -0.25) is 19.6 Å². The van der Waals surface area contributed by atoms with Crippen molar-refractivity contribution in [3.63, 3.8) is 0 Å². The first-order valence-corrected chi connectivity index (χ1v) is 11.7. The highest BCUT2D eigenvalue weighted by Crippen LogP contribution is 2.37. The molecule has 0 atom stereocenters. The van der Waals surface area contributed by atoms with Gasteiger partial charge in [0.25, 0.3) is 5.56 Å². The molecule has 1 amide bonds. The highest BCUT2D eigenvalue weighted by Gasteiger charge is 2.57. The summed E-state index contributed by atoms with van der Waals surface area (Å²) in [5.74, 6) is -5.86. The second-order valence-electron chi connectivity index (χ2n) is 7.61. The number of aromatic nitrogens is 3. The molecule has 0 aliphatic carbocycles. The lowest BCUT2D eigenvalue weighted by Gasteiger charge is -2.21. The quantitative estimate of drug-likeness (QED) is 0.464. The van der Waals surface area contributed by atoms with Gasteiger partial charge in [0, 0.05) is 25.4 Å². The van der Waals surface area contributed by atoms with Gasteiger partial charge in [-0.05, 0) is 18.2 Å². The Labute approximate surface area is 195 Å². The summed E-state index contributed by atoms with van der Waals surface area (Å²) in [6.45, 7) is 0.718. The minimum Gasteiger partial charge on any atom is -0.314 e. The molecule has 0 spiro atoms. The molecule has 0 aliphatic heterocycles. The van der Waals surface area contributed by atoms with E-state index in [0.717, 1.165) is 12.3 Å². The molecule has 0 fully saturated rings. The molecule has 3 aromatic heterocycles. The van der Waals surface area contributed by atoms with Crippen LogP contribution in [0, 0.1) is 0 Å². The van der Waals surface area contributed by atoms with Crippen LogP contribution < -0.4 is 10.5 Å². The molecule has 35 heavy (non-hydrogen) atoms. The van der Waals surface area contributed by atoms with Crippen LogP contribution in [0.25, 0.3) is 22.3 Å². The van der Waals surface area contributed by atoms with Gasteiger partial charge in [-0.25, -0.2) is 8.42 Å². The first kappa shape index (κ1) is 26.2. The van der Waals surface area contributed by atoms with Crippen molar-refractivity contribution in [1.82, 2.24) is 14.5 Å². The van der Waals surface area contributed by atoms with Crippen molar-refractivity contribution < 1.29 is 35.2 Å². The Balaban J connectivity index is 2.21. The van der Waals surface area contributed by atoms with E-state index in [2.05, 4.69) is 9.97 Å². The minimum atomic E-state index is -5.87. The van der Waals surface area contributed by atoms with Gasteiger partial charge in [-0.1, -0.05) is 6.92 Å². The van der Waals surface area contributed by atoms with Gasteiger partial charge in [-0.2, -0.15) is 22.0 Å². The molecule has 8 nitrogen and oxygen atoms in total. The lowest BCUT2D eigenvalue weighted by Crippen LogP contribution is -2.42. The van der Waals surface area contributed by atoms with Gasteiger partial charge in [-0.15, -0.1) is 0 Å². The van der Waals surface area contributed by atoms with Gasteiger partial charge in [0.05, 0.1) is 46.5 Å². The van der Waals surface area contributed by atoms with E-state index in [9.17, 15) is 40.0 Å². The molecule has 188 valence electrons. The van der Waals surface area contributed by atoms with Gasteiger partial charge in [0.15, 0.2) is 9.84 Å². The number of rotatable bonds is 6. The number of pyridine rings is 3. The molecule has 3 aromatic rings. The smallest absolute Gasteiger partial charge is 0.314 e. The fourth-order valence-electron chi connectivity index (χ4n) is 3.16. The van der Waals surface area contributed by atoms with Crippen molar-refractivity contribution in [1.29, 1.82) is 0 Å². The third kappa shape index (κ3) is 5.01. The maximum absolute atomic E-state index is 13.6. The summed E-state index contributed by atoms with van der Waals surface area (Å²) >= 11 is 0. The van der Waals surface area contributed by atoms with E-state index in [4.69, 9.17) is 0 Å². The summed E-state index contributed by atoms with van der Waals surface area (Å²) in [5.41, 5.74) is -1.36. The van der Waals surface area contributed by atoms with Crippen molar-refractivity contribution >= 4 is 32.3 Å². The summed E-state index contributed by atoms with van der Waals surface area (Å²) in [5, 5.41) is 0.0548. The monoisotopic (exact) mass is 518 g/mol. The fourth-order valence-corrected chi connectivity index (χ4v) is 4.22. The Bertz CT molecular complexity index is 1470. The number of carbonyl (C=O) groups excluding carboxylic acids is 1. The van der Waals surface area contributed by atoms with Crippen LogP contribution in [0.4, 0.5) is 27.6 Å². The topological polar surface area (TPSA) is 102 Å². The zero-order chi connectivity index (χ0) is 26.3. The minimum absolute atomic E-state index is 0.0330. The Hall–Kier alpha value is -3.42. The number of anilines is 1. The second-order valence-corrected chi connectivity index (χ2v) is 9.86.